The standard InChI is InChI=1S/C23H29N5/c1-16-8-6-10-20(12-16)21-11-7-9-19(13-21)14-25-23(24-4)26-15-22-17(2)27-28(5)18(22)3/h6-13H,14-15H2,1-5H3,(H2,24,25,26). The van der Waals surface area contributed by atoms with Crippen LogP contribution in [0, 0.1) is 20.8 Å². The highest BCUT2D eigenvalue weighted by Gasteiger charge is 2.09. The zero-order valence-electron chi connectivity index (χ0n) is 17.4. The molecule has 3 aromatic rings. The molecule has 1 aromatic heterocycles. The lowest BCUT2D eigenvalue weighted by Gasteiger charge is -2.13. The molecule has 0 amide bonds. The van der Waals surface area contributed by atoms with E-state index in [0.29, 0.717) is 13.1 Å². The van der Waals surface area contributed by atoms with Gasteiger partial charge in [-0.2, -0.15) is 5.10 Å². The molecule has 0 spiro atoms. The molecule has 0 radical (unpaired) electrons. The van der Waals surface area contributed by atoms with Gasteiger partial charge in [0.15, 0.2) is 5.96 Å². The van der Waals surface area contributed by atoms with Crippen LogP contribution >= 0.6 is 0 Å². The summed E-state index contributed by atoms with van der Waals surface area (Å²) in [5, 5.41) is 11.3. The Kier molecular flexibility index (Phi) is 6.14. The second kappa shape index (κ2) is 8.74. The average Bonchev–Trinajstić information content (AvgIpc) is 2.94. The Morgan fingerprint density at radius 3 is 2.29 bits per heavy atom. The predicted molar refractivity (Wildman–Crippen MR) is 116 cm³/mol. The Balaban J connectivity index is 1.63. The van der Waals surface area contributed by atoms with Crippen molar-refractivity contribution in [1.82, 2.24) is 20.4 Å². The number of nitrogens with one attached hydrogen (secondary N) is 2. The maximum atomic E-state index is 4.47. The van der Waals surface area contributed by atoms with Crippen molar-refractivity contribution >= 4 is 5.96 Å². The van der Waals surface area contributed by atoms with Crippen LogP contribution in [-0.2, 0) is 20.1 Å². The van der Waals surface area contributed by atoms with E-state index in [9.17, 15) is 0 Å². The fourth-order valence-corrected chi connectivity index (χ4v) is 3.34. The van der Waals surface area contributed by atoms with E-state index in [1.165, 1.54) is 33.5 Å². The Labute approximate surface area is 167 Å². The second-order valence-electron chi connectivity index (χ2n) is 7.12. The normalized spacial score (nSPS) is 11.5. The van der Waals surface area contributed by atoms with Crippen molar-refractivity contribution in [3.05, 3.63) is 76.6 Å². The van der Waals surface area contributed by atoms with Crippen molar-refractivity contribution in [2.75, 3.05) is 7.05 Å². The summed E-state index contributed by atoms with van der Waals surface area (Å²) < 4.78 is 1.92. The molecule has 0 unspecified atom stereocenters. The molecule has 28 heavy (non-hydrogen) atoms. The number of aliphatic imine (C=N–C) groups is 1. The minimum atomic E-state index is 0.703. The van der Waals surface area contributed by atoms with Crippen molar-refractivity contribution in [1.29, 1.82) is 0 Å². The van der Waals surface area contributed by atoms with Crippen LogP contribution in [0.15, 0.2) is 53.5 Å². The second-order valence-corrected chi connectivity index (χ2v) is 7.12. The minimum Gasteiger partial charge on any atom is -0.352 e. The zero-order chi connectivity index (χ0) is 20.1. The fourth-order valence-electron chi connectivity index (χ4n) is 3.34. The lowest BCUT2D eigenvalue weighted by atomic mass is 10.0. The van der Waals surface area contributed by atoms with Crippen LogP contribution in [0.25, 0.3) is 11.1 Å². The molecule has 0 atom stereocenters. The highest BCUT2D eigenvalue weighted by molar-refractivity contribution is 5.79. The molecular weight excluding hydrogens is 346 g/mol. The van der Waals surface area contributed by atoms with Gasteiger partial charge in [-0.05, 0) is 43.5 Å². The molecule has 5 heteroatoms. The van der Waals surface area contributed by atoms with E-state index in [1.807, 2.05) is 18.7 Å². The molecule has 0 aliphatic heterocycles. The van der Waals surface area contributed by atoms with Gasteiger partial charge in [-0.25, -0.2) is 0 Å². The van der Waals surface area contributed by atoms with Crippen molar-refractivity contribution in [3.8, 4) is 11.1 Å². The Morgan fingerprint density at radius 1 is 0.964 bits per heavy atom. The number of hydrogen-bond acceptors (Lipinski definition) is 2. The highest BCUT2D eigenvalue weighted by Crippen LogP contribution is 2.21. The van der Waals surface area contributed by atoms with Crippen LogP contribution in [0.3, 0.4) is 0 Å². The smallest absolute Gasteiger partial charge is 0.191 e. The minimum absolute atomic E-state index is 0.703. The van der Waals surface area contributed by atoms with E-state index in [-0.39, 0.29) is 0 Å². The molecule has 3 rings (SSSR count). The number of aromatic nitrogens is 2. The number of nitrogens with zero attached hydrogens (tertiary/aromatic N) is 3. The number of aryl methyl sites for hydroxylation is 3. The van der Waals surface area contributed by atoms with Gasteiger partial charge in [0.2, 0.25) is 0 Å². The first-order valence-corrected chi connectivity index (χ1v) is 9.57. The van der Waals surface area contributed by atoms with E-state index in [2.05, 4.69) is 83.1 Å². The zero-order valence-corrected chi connectivity index (χ0v) is 17.4. The van der Waals surface area contributed by atoms with Gasteiger partial charge in [-0.15, -0.1) is 0 Å². The maximum Gasteiger partial charge on any atom is 0.191 e. The molecule has 1 heterocycles. The Morgan fingerprint density at radius 2 is 1.64 bits per heavy atom. The molecule has 2 N–H and O–H groups in total. The lowest BCUT2D eigenvalue weighted by Crippen LogP contribution is -2.36. The third-order valence-corrected chi connectivity index (χ3v) is 5.05. The average molecular weight is 376 g/mol. The Hall–Kier alpha value is -3.08. The summed E-state index contributed by atoms with van der Waals surface area (Å²) in [5.41, 5.74) is 8.40. The van der Waals surface area contributed by atoms with Gasteiger partial charge in [0.25, 0.3) is 0 Å². The molecule has 0 bridgehead atoms. The first kappa shape index (κ1) is 19.7. The van der Waals surface area contributed by atoms with Crippen molar-refractivity contribution < 1.29 is 0 Å². The fraction of sp³-hybridized carbons (Fsp3) is 0.304. The monoisotopic (exact) mass is 375 g/mol. The summed E-state index contributed by atoms with van der Waals surface area (Å²) in [4.78, 5) is 4.34. The highest BCUT2D eigenvalue weighted by atomic mass is 15.3. The number of benzene rings is 2. The molecule has 0 fully saturated rings. The number of hydrogen-bond donors (Lipinski definition) is 2. The van der Waals surface area contributed by atoms with Crippen LogP contribution in [0.5, 0.6) is 0 Å². The van der Waals surface area contributed by atoms with Gasteiger partial charge in [-0.1, -0.05) is 48.0 Å². The first-order chi connectivity index (χ1) is 13.5. The Bertz CT molecular complexity index is 984. The van der Waals surface area contributed by atoms with Crippen molar-refractivity contribution in [2.45, 2.75) is 33.9 Å². The van der Waals surface area contributed by atoms with Crippen LogP contribution < -0.4 is 10.6 Å². The number of rotatable bonds is 5. The summed E-state index contributed by atoms with van der Waals surface area (Å²) in [6.45, 7) is 7.66. The van der Waals surface area contributed by atoms with E-state index < -0.39 is 0 Å². The molecule has 5 nitrogen and oxygen atoms in total. The molecule has 146 valence electrons. The van der Waals surface area contributed by atoms with Gasteiger partial charge < -0.3 is 10.6 Å². The van der Waals surface area contributed by atoms with Crippen LogP contribution in [0.2, 0.25) is 0 Å². The van der Waals surface area contributed by atoms with Gasteiger partial charge in [-0.3, -0.25) is 9.67 Å². The molecule has 0 aliphatic carbocycles. The molecule has 0 aliphatic rings. The van der Waals surface area contributed by atoms with Gasteiger partial charge >= 0.3 is 0 Å². The summed E-state index contributed by atoms with van der Waals surface area (Å²) >= 11 is 0. The predicted octanol–water partition coefficient (Wildman–Crippen LogP) is 3.88. The van der Waals surface area contributed by atoms with Crippen LogP contribution in [0.1, 0.15) is 28.1 Å². The molecule has 2 aromatic carbocycles. The third-order valence-electron chi connectivity index (χ3n) is 5.05. The van der Waals surface area contributed by atoms with Crippen molar-refractivity contribution in [3.63, 3.8) is 0 Å². The van der Waals surface area contributed by atoms with E-state index in [4.69, 9.17) is 0 Å². The number of guanidine groups is 1. The van der Waals surface area contributed by atoms with Gasteiger partial charge in [0.1, 0.15) is 0 Å². The molecular formula is C23H29N5. The summed E-state index contributed by atoms with van der Waals surface area (Å²) in [5.74, 6) is 0.781. The quantitative estimate of drug-likeness (QED) is 0.526. The topological polar surface area (TPSA) is 54.2 Å². The van der Waals surface area contributed by atoms with Crippen molar-refractivity contribution in [2.24, 2.45) is 12.0 Å². The van der Waals surface area contributed by atoms with Gasteiger partial charge in [0, 0.05) is 38.4 Å². The third kappa shape index (κ3) is 4.60. The summed E-state index contributed by atoms with van der Waals surface area (Å²) in [6.07, 6.45) is 0. The van der Waals surface area contributed by atoms with E-state index >= 15 is 0 Å². The van der Waals surface area contributed by atoms with E-state index in [0.717, 1.165) is 11.7 Å². The van der Waals surface area contributed by atoms with Crippen LogP contribution in [-0.4, -0.2) is 22.8 Å². The van der Waals surface area contributed by atoms with E-state index in [1.54, 1.807) is 7.05 Å². The largest absolute Gasteiger partial charge is 0.352 e. The maximum absolute atomic E-state index is 4.47. The SMILES string of the molecule is CN=C(NCc1cccc(-c2cccc(C)c2)c1)NCc1c(C)nn(C)c1C. The summed E-state index contributed by atoms with van der Waals surface area (Å²) in [6, 6.07) is 17.2. The lowest BCUT2D eigenvalue weighted by molar-refractivity contribution is 0.728. The molecule has 0 saturated heterocycles. The first-order valence-electron chi connectivity index (χ1n) is 9.57. The van der Waals surface area contributed by atoms with Crippen LogP contribution in [0.4, 0.5) is 0 Å². The summed E-state index contributed by atoms with van der Waals surface area (Å²) in [7, 11) is 3.77. The molecule has 0 saturated carbocycles. The van der Waals surface area contributed by atoms with Gasteiger partial charge in [0.05, 0.1) is 5.69 Å².